The first-order valence-corrected chi connectivity index (χ1v) is 9.42. The minimum atomic E-state index is -0.521. The van der Waals surface area contributed by atoms with Crippen molar-refractivity contribution in [1.82, 2.24) is 21.3 Å². The number of nitrogens with one attached hydrogen (secondary N) is 4. The number of carbonyl (C=O) groups excluding carboxylic acids is 4. The van der Waals surface area contributed by atoms with E-state index in [1.807, 2.05) is 0 Å². The van der Waals surface area contributed by atoms with Crippen LogP contribution >= 0.6 is 21.6 Å². The Morgan fingerprint density at radius 1 is 1.00 bits per heavy atom. The van der Waals surface area contributed by atoms with Crippen LogP contribution in [0.4, 0.5) is 9.59 Å². The van der Waals surface area contributed by atoms with Crippen molar-refractivity contribution in [2.24, 2.45) is 0 Å². The Labute approximate surface area is 136 Å². The van der Waals surface area contributed by atoms with Crippen molar-refractivity contribution in [3.8, 4) is 0 Å². The molecule has 1 aliphatic rings. The Balaban J connectivity index is 1.93. The average Bonchev–Trinajstić information content (AvgIpc) is 3.26. The number of urea groups is 2. The Kier molecular flexibility index (Phi) is 8.75. The quantitative estimate of drug-likeness (QED) is 0.377. The maximum Gasteiger partial charge on any atom is 0.321 e. The lowest BCUT2D eigenvalue weighted by Crippen LogP contribution is -2.41. The SMILES string of the molecule is CCC(=O)NC(=O)NCCSSCC(=O)NC(=O)NC1CC1. The molecule has 8 nitrogen and oxygen atoms in total. The summed E-state index contributed by atoms with van der Waals surface area (Å²) in [7, 11) is 2.69. The van der Waals surface area contributed by atoms with Gasteiger partial charge >= 0.3 is 12.1 Å². The van der Waals surface area contributed by atoms with Crippen molar-refractivity contribution in [3.05, 3.63) is 0 Å². The van der Waals surface area contributed by atoms with E-state index >= 15 is 0 Å². The first-order valence-electron chi connectivity index (χ1n) is 6.93. The molecule has 0 bridgehead atoms. The normalized spacial score (nSPS) is 13.1. The number of hydrogen-bond acceptors (Lipinski definition) is 6. The van der Waals surface area contributed by atoms with Crippen LogP contribution in [0.5, 0.6) is 0 Å². The first-order chi connectivity index (χ1) is 10.5. The Hall–Kier alpha value is -1.42. The van der Waals surface area contributed by atoms with Crippen LogP contribution in [0.15, 0.2) is 0 Å². The van der Waals surface area contributed by atoms with Gasteiger partial charge in [0.25, 0.3) is 0 Å². The largest absolute Gasteiger partial charge is 0.337 e. The van der Waals surface area contributed by atoms with Crippen LogP contribution in [-0.2, 0) is 9.59 Å². The van der Waals surface area contributed by atoms with E-state index < -0.39 is 12.1 Å². The van der Waals surface area contributed by atoms with Crippen LogP contribution in [0.1, 0.15) is 26.2 Å². The van der Waals surface area contributed by atoms with Gasteiger partial charge in [0.1, 0.15) is 0 Å². The number of imide groups is 2. The highest BCUT2D eigenvalue weighted by Gasteiger charge is 2.23. The number of rotatable bonds is 8. The number of amides is 6. The Bertz CT molecular complexity index is 429. The zero-order chi connectivity index (χ0) is 16.4. The molecule has 1 fully saturated rings. The highest BCUT2D eigenvalue weighted by atomic mass is 33.1. The zero-order valence-corrected chi connectivity index (χ0v) is 13.9. The van der Waals surface area contributed by atoms with E-state index in [0.717, 1.165) is 12.8 Å². The summed E-state index contributed by atoms with van der Waals surface area (Å²) in [6.07, 6.45) is 2.19. The summed E-state index contributed by atoms with van der Waals surface area (Å²) in [6, 6.07) is -0.754. The van der Waals surface area contributed by atoms with Crippen LogP contribution in [0.2, 0.25) is 0 Å². The first kappa shape index (κ1) is 18.6. The van der Waals surface area contributed by atoms with Gasteiger partial charge in [-0.1, -0.05) is 28.5 Å². The molecule has 1 aliphatic carbocycles. The van der Waals surface area contributed by atoms with Crippen LogP contribution < -0.4 is 21.3 Å². The van der Waals surface area contributed by atoms with E-state index in [4.69, 9.17) is 0 Å². The van der Waals surface area contributed by atoms with Crippen molar-refractivity contribution >= 4 is 45.5 Å². The fourth-order valence-electron chi connectivity index (χ4n) is 1.23. The Morgan fingerprint density at radius 2 is 1.68 bits per heavy atom. The second-order valence-corrected chi connectivity index (χ2v) is 7.12. The van der Waals surface area contributed by atoms with Crippen molar-refractivity contribution < 1.29 is 19.2 Å². The van der Waals surface area contributed by atoms with E-state index in [9.17, 15) is 19.2 Å². The van der Waals surface area contributed by atoms with Gasteiger partial charge in [-0.2, -0.15) is 0 Å². The summed E-state index contributed by atoms with van der Waals surface area (Å²) in [5.74, 6) is 0.0546. The van der Waals surface area contributed by atoms with Gasteiger partial charge in [0.15, 0.2) is 0 Å². The summed E-state index contributed by atoms with van der Waals surface area (Å²) in [4.78, 5) is 44.8. The molecule has 0 aromatic heterocycles. The second-order valence-electron chi connectivity index (χ2n) is 4.54. The maximum atomic E-state index is 11.4. The topological polar surface area (TPSA) is 116 Å². The van der Waals surface area contributed by atoms with Gasteiger partial charge in [-0.15, -0.1) is 0 Å². The standard InChI is InChI=1S/C12H20N4O4S2/c1-2-9(17)15-11(19)13-5-6-21-22-7-10(18)16-12(20)14-8-3-4-8/h8H,2-7H2,1H3,(H2,13,15,17,19)(H2,14,16,18,20). The second kappa shape index (κ2) is 10.3. The van der Waals surface area contributed by atoms with Gasteiger partial charge in [0.2, 0.25) is 11.8 Å². The fraction of sp³-hybridized carbons (Fsp3) is 0.667. The highest BCUT2D eigenvalue weighted by molar-refractivity contribution is 8.76. The molecule has 0 radical (unpaired) electrons. The van der Waals surface area contributed by atoms with Crippen molar-refractivity contribution in [3.63, 3.8) is 0 Å². The molecule has 6 amide bonds. The van der Waals surface area contributed by atoms with Gasteiger partial charge < -0.3 is 10.6 Å². The fourth-order valence-corrected chi connectivity index (χ4v) is 2.97. The van der Waals surface area contributed by atoms with Crippen molar-refractivity contribution in [2.75, 3.05) is 18.1 Å². The highest BCUT2D eigenvalue weighted by Crippen LogP contribution is 2.20. The van der Waals surface area contributed by atoms with Crippen molar-refractivity contribution in [2.45, 2.75) is 32.2 Å². The molecular weight excluding hydrogens is 328 g/mol. The Morgan fingerprint density at radius 3 is 2.32 bits per heavy atom. The third-order valence-corrected chi connectivity index (χ3v) is 4.75. The zero-order valence-electron chi connectivity index (χ0n) is 12.3. The molecule has 4 N–H and O–H groups in total. The third-order valence-electron chi connectivity index (χ3n) is 2.48. The van der Waals surface area contributed by atoms with Gasteiger partial charge in [0.05, 0.1) is 5.75 Å². The molecule has 1 rings (SSSR count). The molecule has 1 saturated carbocycles. The molecule has 0 aromatic rings. The lowest BCUT2D eigenvalue weighted by atomic mass is 10.5. The average molecular weight is 348 g/mol. The molecule has 22 heavy (non-hydrogen) atoms. The van der Waals surface area contributed by atoms with E-state index in [1.54, 1.807) is 6.92 Å². The van der Waals surface area contributed by atoms with E-state index in [-0.39, 0.29) is 30.0 Å². The summed E-state index contributed by atoms with van der Waals surface area (Å²) in [5, 5.41) is 9.60. The van der Waals surface area contributed by atoms with Crippen LogP contribution in [-0.4, -0.2) is 48.0 Å². The predicted octanol–water partition coefficient (Wildman–Crippen LogP) is 0.592. The summed E-state index contributed by atoms with van der Waals surface area (Å²) in [5.41, 5.74) is 0. The van der Waals surface area contributed by atoms with Gasteiger partial charge in [-0.05, 0) is 12.8 Å². The molecule has 0 unspecified atom stereocenters. The summed E-state index contributed by atoms with van der Waals surface area (Å²) in [6.45, 7) is 2.04. The molecule has 0 aromatic carbocycles. The summed E-state index contributed by atoms with van der Waals surface area (Å²) < 4.78 is 0. The minimum absolute atomic E-state index is 0.156. The molecular formula is C12H20N4O4S2. The smallest absolute Gasteiger partial charge is 0.321 e. The van der Waals surface area contributed by atoms with E-state index in [0.29, 0.717) is 12.3 Å². The van der Waals surface area contributed by atoms with E-state index in [1.165, 1.54) is 21.6 Å². The lowest BCUT2D eigenvalue weighted by molar-refractivity contribution is -0.120. The van der Waals surface area contributed by atoms with Gasteiger partial charge in [-0.25, -0.2) is 9.59 Å². The van der Waals surface area contributed by atoms with Crippen LogP contribution in [0.25, 0.3) is 0 Å². The maximum absolute atomic E-state index is 11.4. The molecule has 10 heteroatoms. The monoisotopic (exact) mass is 348 g/mol. The van der Waals surface area contributed by atoms with Crippen molar-refractivity contribution in [1.29, 1.82) is 0 Å². The molecule has 0 spiro atoms. The van der Waals surface area contributed by atoms with Gasteiger partial charge in [-0.3, -0.25) is 20.2 Å². The molecule has 124 valence electrons. The lowest BCUT2D eigenvalue weighted by Gasteiger charge is -2.06. The molecule has 0 aliphatic heterocycles. The van der Waals surface area contributed by atoms with Crippen LogP contribution in [0.3, 0.4) is 0 Å². The molecule has 0 saturated heterocycles. The van der Waals surface area contributed by atoms with Gasteiger partial charge in [0, 0.05) is 24.8 Å². The summed E-state index contributed by atoms with van der Waals surface area (Å²) >= 11 is 0. The van der Waals surface area contributed by atoms with Crippen LogP contribution in [0, 0.1) is 0 Å². The molecule has 0 heterocycles. The number of carbonyl (C=O) groups is 4. The third kappa shape index (κ3) is 9.50. The predicted molar refractivity (Wildman–Crippen MR) is 86.4 cm³/mol. The molecule has 0 atom stereocenters. The minimum Gasteiger partial charge on any atom is -0.337 e. The van der Waals surface area contributed by atoms with E-state index in [2.05, 4.69) is 21.3 Å². The number of hydrogen-bond donors (Lipinski definition) is 4.